The largest absolute Gasteiger partial charge is 0.373 e. The Morgan fingerprint density at radius 2 is 1.85 bits per heavy atom. The van der Waals surface area contributed by atoms with Gasteiger partial charge in [-0.3, -0.25) is 9.59 Å². The number of likely N-dealkylation sites (tertiary alicyclic amines) is 1. The third kappa shape index (κ3) is 3.21. The van der Waals surface area contributed by atoms with E-state index in [-0.39, 0.29) is 17.7 Å². The minimum absolute atomic E-state index is 0.00338. The van der Waals surface area contributed by atoms with Crippen LogP contribution in [0.2, 0.25) is 0 Å². The van der Waals surface area contributed by atoms with Crippen LogP contribution < -0.4 is 10.6 Å². The van der Waals surface area contributed by atoms with E-state index in [1.807, 2.05) is 4.90 Å². The highest BCUT2D eigenvalue weighted by Crippen LogP contribution is 2.31. The minimum atomic E-state index is -0.00415. The molecule has 1 saturated heterocycles. The van der Waals surface area contributed by atoms with Gasteiger partial charge in [0.15, 0.2) is 0 Å². The summed E-state index contributed by atoms with van der Waals surface area (Å²) in [6.07, 6.45) is 8.41. The molecule has 2 fully saturated rings. The molecule has 2 aromatic rings. The van der Waals surface area contributed by atoms with Crippen molar-refractivity contribution in [1.29, 1.82) is 0 Å². The van der Waals surface area contributed by atoms with Gasteiger partial charge in [-0.05, 0) is 38.2 Å². The summed E-state index contributed by atoms with van der Waals surface area (Å²) in [7, 11) is 1.79. The molecule has 0 spiro atoms. The fourth-order valence-corrected chi connectivity index (χ4v) is 3.41. The Morgan fingerprint density at radius 1 is 1.08 bits per heavy atom. The van der Waals surface area contributed by atoms with Gasteiger partial charge < -0.3 is 15.5 Å². The maximum atomic E-state index is 13.0. The number of piperidine rings is 1. The molecule has 0 unspecified atom stereocenters. The molecule has 2 aliphatic rings. The van der Waals surface area contributed by atoms with E-state index in [1.165, 1.54) is 6.42 Å². The summed E-state index contributed by atoms with van der Waals surface area (Å²) in [5.41, 5.74) is 0.560. The van der Waals surface area contributed by atoms with Crippen LogP contribution in [0.3, 0.4) is 0 Å². The van der Waals surface area contributed by atoms with Gasteiger partial charge in [-0.15, -0.1) is 0 Å². The summed E-state index contributed by atoms with van der Waals surface area (Å²) < 4.78 is 0. The van der Waals surface area contributed by atoms with Gasteiger partial charge in [-0.25, -0.2) is 9.97 Å². The third-order valence-electron chi connectivity index (χ3n) is 5.08. The van der Waals surface area contributed by atoms with E-state index in [0.29, 0.717) is 17.2 Å². The van der Waals surface area contributed by atoms with E-state index in [2.05, 4.69) is 20.6 Å². The number of nitrogens with one attached hydrogen (secondary N) is 2. The number of carbonyl (C=O) groups is 2. The Bertz CT molecular complexity index is 856. The lowest BCUT2D eigenvalue weighted by Crippen LogP contribution is -2.35. The molecule has 2 aromatic heterocycles. The summed E-state index contributed by atoms with van der Waals surface area (Å²) >= 11 is 0. The van der Waals surface area contributed by atoms with E-state index < -0.39 is 0 Å². The van der Waals surface area contributed by atoms with Gasteiger partial charge in [-0.1, -0.05) is 0 Å². The molecule has 7 nitrogen and oxygen atoms in total. The van der Waals surface area contributed by atoms with Crippen LogP contribution in [0.1, 0.15) is 42.5 Å². The topological polar surface area (TPSA) is 87.2 Å². The molecule has 2 N–H and O–H groups in total. The first-order valence-electron chi connectivity index (χ1n) is 9.24. The SMILES string of the molecule is CNc1ncc(C(=O)N2CCCCC2)c2cc(NC(=O)C3CC3)ncc12. The molecule has 3 heterocycles. The molecule has 4 rings (SSSR count). The molecule has 26 heavy (non-hydrogen) atoms. The van der Waals surface area contributed by atoms with Crippen molar-refractivity contribution < 1.29 is 9.59 Å². The first-order chi connectivity index (χ1) is 12.7. The van der Waals surface area contributed by atoms with E-state index in [4.69, 9.17) is 0 Å². The highest BCUT2D eigenvalue weighted by atomic mass is 16.2. The lowest BCUT2D eigenvalue weighted by molar-refractivity contribution is -0.117. The monoisotopic (exact) mass is 353 g/mol. The Labute approximate surface area is 152 Å². The highest BCUT2D eigenvalue weighted by Gasteiger charge is 2.30. The van der Waals surface area contributed by atoms with Crippen LogP contribution >= 0.6 is 0 Å². The van der Waals surface area contributed by atoms with Gasteiger partial charge in [0.2, 0.25) is 5.91 Å². The van der Waals surface area contributed by atoms with Crippen LogP contribution in [0.5, 0.6) is 0 Å². The molecule has 0 atom stereocenters. The summed E-state index contributed by atoms with van der Waals surface area (Å²) in [6.45, 7) is 1.56. The van der Waals surface area contributed by atoms with E-state index in [9.17, 15) is 9.59 Å². The van der Waals surface area contributed by atoms with Crippen molar-refractivity contribution in [2.24, 2.45) is 5.92 Å². The average molecular weight is 353 g/mol. The van der Waals surface area contributed by atoms with Crippen LogP contribution in [0, 0.1) is 5.92 Å². The molecule has 1 aliphatic heterocycles. The number of aromatic nitrogens is 2. The predicted molar refractivity (Wildman–Crippen MR) is 100 cm³/mol. The Balaban J connectivity index is 1.72. The van der Waals surface area contributed by atoms with Crippen molar-refractivity contribution in [3.8, 4) is 0 Å². The van der Waals surface area contributed by atoms with E-state index in [0.717, 1.165) is 49.5 Å². The number of amides is 2. The number of rotatable bonds is 4. The zero-order valence-electron chi connectivity index (χ0n) is 14.9. The molecule has 7 heteroatoms. The molecule has 0 bridgehead atoms. The number of pyridine rings is 2. The Morgan fingerprint density at radius 3 is 2.54 bits per heavy atom. The van der Waals surface area contributed by atoms with Crippen molar-refractivity contribution in [2.45, 2.75) is 32.1 Å². The lowest BCUT2D eigenvalue weighted by Gasteiger charge is -2.27. The minimum Gasteiger partial charge on any atom is -0.373 e. The zero-order chi connectivity index (χ0) is 18.1. The molecule has 0 aromatic carbocycles. The molecule has 136 valence electrons. The Kier molecular flexibility index (Phi) is 4.44. The smallest absolute Gasteiger partial charge is 0.256 e. The number of hydrogen-bond donors (Lipinski definition) is 2. The molecular formula is C19H23N5O2. The predicted octanol–water partition coefficient (Wildman–Crippen LogP) is 2.65. The van der Waals surface area contributed by atoms with Crippen molar-refractivity contribution in [3.05, 3.63) is 24.0 Å². The van der Waals surface area contributed by atoms with Crippen molar-refractivity contribution in [1.82, 2.24) is 14.9 Å². The number of fused-ring (bicyclic) bond motifs is 1. The first-order valence-corrected chi connectivity index (χ1v) is 9.24. The second kappa shape index (κ2) is 6.90. The maximum Gasteiger partial charge on any atom is 0.256 e. The Hall–Kier alpha value is -2.70. The molecule has 1 saturated carbocycles. The van der Waals surface area contributed by atoms with Crippen LogP contribution in [0.4, 0.5) is 11.6 Å². The fourth-order valence-electron chi connectivity index (χ4n) is 3.41. The summed E-state index contributed by atoms with van der Waals surface area (Å²) in [5, 5.41) is 7.45. The summed E-state index contributed by atoms with van der Waals surface area (Å²) in [5.74, 6) is 1.25. The van der Waals surface area contributed by atoms with Crippen LogP contribution in [0.15, 0.2) is 18.5 Å². The fraction of sp³-hybridized carbons (Fsp3) is 0.474. The van der Waals surface area contributed by atoms with Gasteiger partial charge in [0.05, 0.1) is 5.56 Å². The first kappa shape index (κ1) is 16.8. The van der Waals surface area contributed by atoms with Crippen LogP contribution in [-0.2, 0) is 4.79 Å². The number of carbonyl (C=O) groups excluding carboxylic acids is 2. The van der Waals surface area contributed by atoms with Crippen molar-refractivity contribution in [3.63, 3.8) is 0 Å². The van der Waals surface area contributed by atoms with Gasteiger partial charge >= 0.3 is 0 Å². The molecule has 2 amide bonds. The number of anilines is 2. The van der Waals surface area contributed by atoms with Gasteiger partial charge in [-0.2, -0.15) is 0 Å². The van der Waals surface area contributed by atoms with Crippen LogP contribution in [-0.4, -0.2) is 46.8 Å². The third-order valence-corrected chi connectivity index (χ3v) is 5.08. The average Bonchev–Trinajstić information content (AvgIpc) is 3.52. The van der Waals surface area contributed by atoms with Crippen molar-refractivity contribution >= 4 is 34.2 Å². The zero-order valence-corrected chi connectivity index (χ0v) is 14.9. The second-order valence-electron chi connectivity index (χ2n) is 7.00. The van der Waals surface area contributed by atoms with E-state index >= 15 is 0 Å². The number of hydrogen-bond acceptors (Lipinski definition) is 5. The highest BCUT2D eigenvalue weighted by molar-refractivity contribution is 6.10. The van der Waals surface area contributed by atoms with Gasteiger partial charge in [0.25, 0.3) is 5.91 Å². The maximum absolute atomic E-state index is 13.0. The second-order valence-corrected chi connectivity index (χ2v) is 7.00. The lowest BCUT2D eigenvalue weighted by atomic mass is 10.1. The van der Waals surface area contributed by atoms with Crippen molar-refractivity contribution in [2.75, 3.05) is 30.8 Å². The van der Waals surface area contributed by atoms with Crippen LogP contribution in [0.25, 0.3) is 10.8 Å². The summed E-state index contributed by atoms with van der Waals surface area (Å²) in [6, 6.07) is 1.79. The van der Waals surface area contributed by atoms with E-state index in [1.54, 1.807) is 25.5 Å². The standard InChI is InChI=1S/C19H23N5O2/c1-20-17-14-10-21-16(23-18(25)12-5-6-12)9-13(14)15(11-22-17)19(26)24-7-3-2-4-8-24/h9-12H,2-8H2,1H3,(H,20,22)(H,21,23,25). The van der Waals surface area contributed by atoms with Gasteiger partial charge in [0.1, 0.15) is 11.6 Å². The molecular weight excluding hydrogens is 330 g/mol. The van der Waals surface area contributed by atoms with Gasteiger partial charge in [0, 0.05) is 49.2 Å². The normalized spacial score (nSPS) is 17.2. The molecule has 0 radical (unpaired) electrons. The quantitative estimate of drug-likeness (QED) is 0.882. The molecule has 1 aliphatic carbocycles. The summed E-state index contributed by atoms with van der Waals surface area (Å²) in [4.78, 5) is 35.7. The number of nitrogens with zero attached hydrogens (tertiary/aromatic N) is 3.